The number of alkyl halides is 1. The van der Waals surface area contributed by atoms with E-state index in [2.05, 4.69) is 0 Å². The summed E-state index contributed by atoms with van der Waals surface area (Å²) in [6.07, 6.45) is -2.55. The van der Waals surface area contributed by atoms with Crippen LogP contribution in [-0.4, -0.2) is 43.5 Å². The molecule has 0 rings (SSSR count). The number of aliphatic carboxylic acids is 2. The molecule has 0 saturated carbocycles. The van der Waals surface area contributed by atoms with Crippen molar-refractivity contribution in [2.24, 2.45) is 0 Å². The average molecular weight is 185 g/mol. The number of aliphatic hydroxyl groups is 2. The molecule has 7 heteroatoms. The quantitative estimate of drug-likeness (QED) is 0.395. The van der Waals surface area contributed by atoms with Crippen molar-refractivity contribution in [1.29, 1.82) is 0 Å². The van der Waals surface area contributed by atoms with Crippen molar-refractivity contribution >= 4 is 23.5 Å². The summed E-state index contributed by atoms with van der Waals surface area (Å²) in [4.78, 5) is 19.9. The molecule has 0 aromatic heterocycles. The third kappa shape index (κ3) is 2.04. The molecule has 0 heterocycles. The number of halogens is 1. The van der Waals surface area contributed by atoms with Crippen molar-refractivity contribution in [3.63, 3.8) is 0 Å². The predicted octanol–water partition coefficient (Wildman–Crippen LogP) is -1.56. The summed E-state index contributed by atoms with van der Waals surface area (Å²) in [7, 11) is 0. The highest BCUT2D eigenvalue weighted by atomic mass is 35.5. The molecule has 0 fully saturated rings. The normalized spacial score (nSPS) is 18.5. The Hall–Kier alpha value is -0.850. The standard InChI is InChI=1S/C4H5ClO6/c5-4(11,3(9)10)1(6)2(7)8/h1,6,11H,(H,7,8)(H,9,10). The summed E-state index contributed by atoms with van der Waals surface area (Å²) in [5.41, 5.74) is 0. The Labute approximate surface area is 65.6 Å². The maximum atomic E-state index is 9.96. The lowest BCUT2D eigenvalue weighted by molar-refractivity contribution is -0.171. The fraction of sp³-hybridized carbons (Fsp3) is 0.500. The van der Waals surface area contributed by atoms with E-state index in [1.165, 1.54) is 0 Å². The van der Waals surface area contributed by atoms with Crippen LogP contribution in [0.3, 0.4) is 0 Å². The molecule has 64 valence electrons. The number of aliphatic hydroxyl groups excluding tert-OH is 1. The van der Waals surface area contributed by atoms with Crippen LogP contribution in [0.15, 0.2) is 0 Å². The van der Waals surface area contributed by atoms with Gasteiger partial charge in [0.15, 0.2) is 0 Å². The van der Waals surface area contributed by atoms with Gasteiger partial charge in [-0.15, -0.1) is 0 Å². The molecular formula is C4H5ClO6. The minimum Gasteiger partial charge on any atom is -0.479 e. The zero-order chi connectivity index (χ0) is 9.23. The number of hydrogen-bond acceptors (Lipinski definition) is 4. The van der Waals surface area contributed by atoms with Gasteiger partial charge in [0.25, 0.3) is 5.06 Å². The third-order valence-electron chi connectivity index (χ3n) is 0.896. The van der Waals surface area contributed by atoms with Crippen molar-refractivity contribution in [2.45, 2.75) is 11.2 Å². The Morgan fingerprint density at radius 3 is 1.82 bits per heavy atom. The molecule has 0 amide bonds. The summed E-state index contributed by atoms with van der Waals surface area (Å²) >= 11 is 4.74. The van der Waals surface area contributed by atoms with E-state index in [1.54, 1.807) is 0 Å². The van der Waals surface area contributed by atoms with Crippen LogP contribution in [-0.2, 0) is 9.59 Å². The Morgan fingerprint density at radius 1 is 1.36 bits per heavy atom. The van der Waals surface area contributed by atoms with Gasteiger partial charge in [-0.05, 0) is 0 Å². The Bertz CT molecular complexity index is 187. The van der Waals surface area contributed by atoms with E-state index in [-0.39, 0.29) is 0 Å². The second-order valence-corrected chi connectivity index (χ2v) is 2.30. The molecule has 0 aliphatic rings. The van der Waals surface area contributed by atoms with Crippen LogP contribution >= 0.6 is 11.6 Å². The maximum absolute atomic E-state index is 9.96. The molecule has 6 nitrogen and oxygen atoms in total. The van der Waals surface area contributed by atoms with Crippen LogP contribution in [0.5, 0.6) is 0 Å². The first-order valence-electron chi connectivity index (χ1n) is 2.35. The van der Waals surface area contributed by atoms with Gasteiger partial charge in [0.05, 0.1) is 0 Å². The van der Waals surface area contributed by atoms with Crippen molar-refractivity contribution in [3.05, 3.63) is 0 Å². The fourth-order valence-electron chi connectivity index (χ4n) is 0.281. The number of hydrogen-bond donors (Lipinski definition) is 4. The van der Waals surface area contributed by atoms with Gasteiger partial charge in [0.2, 0.25) is 6.10 Å². The van der Waals surface area contributed by atoms with Gasteiger partial charge in [0, 0.05) is 0 Å². The number of carbonyl (C=O) groups is 2. The molecular weight excluding hydrogens is 179 g/mol. The molecule has 11 heavy (non-hydrogen) atoms. The predicted molar refractivity (Wildman–Crippen MR) is 32.1 cm³/mol. The van der Waals surface area contributed by atoms with Gasteiger partial charge in [0.1, 0.15) is 0 Å². The topological polar surface area (TPSA) is 115 Å². The van der Waals surface area contributed by atoms with Gasteiger partial charge >= 0.3 is 11.9 Å². The summed E-state index contributed by atoms with van der Waals surface area (Å²) in [5, 5.41) is 29.9. The minimum atomic E-state index is -3.17. The van der Waals surface area contributed by atoms with Crippen molar-refractivity contribution < 1.29 is 30.0 Å². The molecule has 2 atom stereocenters. The van der Waals surface area contributed by atoms with Crippen molar-refractivity contribution in [1.82, 2.24) is 0 Å². The summed E-state index contributed by atoms with van der Waals surface area (Å²) in [6.45, 7) is 0. The molecule has 0 bridgehead atoms. The molecule has 0 saturated heterocycles. The number of rotatable bonds is 3. The monoisotopic (exact) mass is 184 g/mol. The van der Waals surface area contributed by atoms with E-state index >= 15 is 0 Å². The van der Waals surface area contributed by atoms with Gasteiger partial charge in [-0.2, -0.15) is 0 Å². The number of carboxylic acid groups (broad SMARTS) is 2. The van der Waals surface area contributed by atoms with Gasteiger partial charge in [-0.1, -0.05) is 11.6 Å². The minimum absolute atomic E-state index is 1.91. The molecule has 0 aliphatic heterocycles. The fourth-order valence-corrected chi connectivity index (χ4v) is 0.374. The zero-order valence-electron chi connectivity index (χ0n) is 5.06. The lowest BCUT2D eigenvalue weighted by Gasteiger charge is -2.17. The summed E-state index contributed by atoms with van der Waals surface area (Å²) in [5.74, 6) is -3.93. The van der Waals surface area contributed by atoms with Crippen LogP contribution in [0, 0.1) is 0 Å². The summed E-state index contributed by atoms with van der Waals surface area (Å²) in [6, 6.07) is 0. The van der Waals surface area contributed by atoms with Gasteiger partial charge < -0.3 is 20.4 Å². The maximum Gasteiger partial charge on any atom is 0.355 e. The van der Waals surface area contributed by atoms with Crippen LogP contribution in [0.25, 0.3) is 0 Å². The van der Waals surface area contributed by atoms with E-state index in [1.807, 2.05) is 0 Å². The Morgan fingerprint density at radius 2 is 1.73 bits per heavy atom. The molecule has 0 aliphatic carbocycles. The highest BCUT2D eigenvalue weighted by Crippen LogP contribution is 2.16. The Balaban J connectivity index is 4.55. The van der Waals surface area contributed by atoms with Gasteiger partial charge in [-0.25, -0.2) is 9.59 Å². The number of carboxylic acids is 2. The summed E-state index contributed by atoms with van der Waals surface area (Å²) < 4.78 is 0. The van der Waals surface area contributed by atoms with E-state index in [4.69, 9.17) is 32.0 Å². The largest absolute Gasteiger partial charge is 0.479 e. The van der Waals surface area contributed by atoms with E-state index < -0.39 is 23.1 Å². The van der Waals surface area contributed by atoms with Crippen LogP contribution in [0.2, 0.25) is 0 Å². The second kappa shape index (κ2) is 3.04. The van der Waals surface area contributed by atoms with Crippen LogP contribution in [0.1, 0.15) is 0 Å². The Kier molecular flexibility index (Phi) is 2.80. The first kappa shape index (κ1) is 10.2. The molecule has 4 N–H and O–H groups in total. The molecule has 0 aromatic rings. The van der Waals surface area contributed by atoms with Crippen LogP contribution < -0.4 is 0 Å². The average Bonchev–Trinajstić information content (AvgIpc) is 1.85. The lowest BCUT2D eigenvalue weighted by atomic mass is 10.2. The van der Waals surface area contributed by atoms with Crippen molar-refractivity contribution in [3.8, 4) is 0 Å². The molecule has 0 spiro atoms. The molecule has 2 unspecified atom stereocenters. The van der Waals surface area contributed by atoms with Gasteiger partial charge in [-0.3, -0.25) is 0 Å². The second-order valence-electron chi connectivity index (χ2n) is 1.72. The van der Waals surface area contributed by atoms with E-state index in [0.29, 0.717) is 0 Å². The lowest BCUT2D eigenvalue weighted by Crippen LogP contribution is -2.48. The highest BCUT2D eigenvalue weighted by Gasteiger charge is 2.46. The smallest absolute Gasteiger partial charge is 0.355 e. The zero-order valence-corrected chi connectivity index (χ0v) is 5.82. The SMILES string of the molecule is O=C(O)C(O)C(O)(Cl)C(=O)O. The van der Waals surface area contributed by atoms with Crippen molar-refractivity contribution in [2.75, 3.05) is 0 Å². The molecule has 0 aromatic carbocycles. The third-order valence-corrected chi connectivity index (χ3v) is 1.26. The first-order valence-corrected chi connectivity index (χ1v) is 2.73. The van der Waals surface area contributed by atoms with E-state index in [9.17, 15) is 9.59 Å². The van der Waals surface area contributed by atoms with E-state index in [0.717, 1.165) is 0 Å². The van der Waals surface area contributed by atoms with Crippen LogP contribution in [0.4, 0.5) is 0 Å². The molecule has 0 radical (unpaired) electrons. The highest BCUT2D eigenvalue weighted by molar-refractivity contribution is 6.34. The first-order chi connectivity index (χ1) is 4.80.